The molecule has 1 heterocycles. The average Bonchev–Trinajstić information content (AvgIpc) is 3.01. The van der Waals surface area contributed by atoms with E-state index in [9.17, 15) is 0 Å². The van der Waals surface area contributed by atoms with Gasteiger partial charge in [0.1, 0.15) is 0 Å². The van der Waals surface area contributed by atoms with Crippen molar-refractivity contribution in [3.63, 3.8) is 0 Å². The Morgan fingerprint density at radius 1 is 1.00 bits per heavy atom. The number of anilines is 1. The van der Waals surface area contributed by atoms with Crippen LogP contribution in [0, 0.1) is 26.2 Å². The molecule has 1 N–H and O–H groups in total. The van der Waals surface area contributed by atoms with Crippen molar-refractivity contribution in [1.29, 1.82) is 0 Å². The van der Waals surface area contributed by atoms with Crippen LogP contribution in [0.4, 0.5) is 5.69 Å². The highest BCUT2D eigenvalue weighted by Crippen LogP contribution is 2.27. The summed E-state index contributed by atoms with van der Waals surface area (Å²) in [6.07, 6.45) is 7.60. The van der Waals surface area contributed by atoms with Gasteiger partial charge in [0.2, 0.25) is 0 Å². The number of rotatable bonds is 6. The maximum Gasteiger partial charge on any atom is 0.0837 e. The van der Waals surface area contributed by atoms with Crippen molar-refractivity contribution in [3.8, 4) is 12.3 Å². The lowest BCUT2D eigenvalue weighted by atomic mass is 10.1. The molecule has 0 radical (unpaired) electrons. The second kappa shape index (κ2) is 8.24. The highest BCUT2D eigenvalue weighted by atomic mass is 15.0. The van der Waals surface area contributed by atoms with E-state index in [-0.39, 0.29) is 0 Å². The number of aliphatic imine (C=N–C) groups is 1. The zero-order valence-corrected chi connectivity index (χ0v) is 16.9. The van der Waals surface area contributed by atoms with E-state index in [0.29, 0.717) is 13.1 Å². The van der Waals surface area contributed by atoms with Gasteiger partial charge in [-0.2, -0.15) is 0 Å². The van der Waals surface area contributed by atoms with Crippen LogP contribution in [0.3, 0.4) is 0 Å². The first-order chi connectivity index (χ1) is 14.2. The molecule has 0 amide bonds. The monoisotopic (exact) mass is 379 g/mol. The van der Waals surface area contributed by atoms with Crippen molar-refractivity contribution in [3.05, 3.63) is 77.5 Å². The fourth-order valence-corrected chi connectivity index (χ4v) is 3.98. The first kappa shape index (κ1) is 18.8. The molecule has 0 bridgehead atoms. The Bertz CT molecular complexity index is 1230. The van der Waals surface area contributed by atoms with Gasteiger partial charge < -0.3 is 9.88 Å². The molecule has 0 saturated carbocycles. The third-order valence-corrected chi connectivity index (χ3v) is 5.41. The molecule has 3 aromatic carbocycles. The standard InChI is InChI=1S/C26H25N3/c1-4-17-29-20(3)24(23-13-7-9-19(2)26(23)29)18-27-15-16-28-25-14-8-11-21-10-5-6-12-22(21)25/h1,5-14,18,28H,15-17H2,2-3H3. The van der Waals surface area contributed by atoms with E-state index in [4.69, 9.17) is 11.4 Å². The van der Waals surface area contributed by atoms with Crippen LogP contribution in [0.15, 0.2) is 65.7 Å². The Labute approximate surface area is 172 Å². The summed E-state index contributed by atoms with van der Waals surface area (Å²) in [4.78, 5) is 4.70. The van der Waals surface area contributed by atoms with Gasteiger partial charge in [0.25, 0.3) is 0 Å². The SMILES string of the molecule is C#CCn1c(C)c(C=NCCNc2cccc3ccccc23)c2cccc(C)c21. The Morgan fingerprint density at radius 3 is 2.62 bits per heavy atom. The molecule has 0 aliphatic rings. The number of fused-ring (bicyclic) bond motifs is 2. The molecule has 0 saturated heterocycles. The third kappa shape index (κ3) is 3.62. The minimum atomic E-state index is 0.573. The van der Waals surface area contributed by atoms with E-state index in [1.165, 1.54) is 27.2 Å². The molecule has 0 aliphatic carbocycles. The second-order valence-corrected chi connectivity index (χ2v) is 7.25. The van der Waals surface area contributed by atoms with Crippen LogP contribution in [-0.2, 0) is 6.54 Å². The number of nitrogens with one attached hydrogen (secondary N) is 1. The largest absolute Gasteiger partial charge is 0.383 e. The highest BCUT2D eigenvalue weighted by molar-refractivity contribution is 6.02. The zero-order chi connectivity index (χ0) is 20.2. The van der Waals surface area contributed by atoms with Gasteiger partial charge in [-0.05, 0) is 30.9 Å². The molecule has 1 aromatic heterocycles. The average molecular weight is 380 g/mol. The Hall–Kier alpha value is -3.51. The number of aromatic nitrogens is 1. The van der Waals surface area contributed by atoms with Gasteiger partial charge in [-0.3, -0.25) is 4.99 Å². The minimum absolute atomic E-state index is 0.573. The molecule has 29 heavy (non-hydrogen) atoms. The van der Waals surface area contributed by atoms with Crippen LogP contribution in [-0.4, -0.2) is 23.9 Å². The van der Waals surface area contributed by atoms with Gasteiger partial charge in [-0.1, -0.05) is 60.5 Å². The Morgan fingerprint density at radius 2 is 1.76 bits per heavy atom. The summed E-state index contributed by atoms with van der Waals surface area (Å²) in [5.74, 6) is 2.78. The topological polar surface area (TPSA) is 29.3 Å². The maximum atomic E-state index is 5.60. The van der Waals surface area contributed by atoms with E-state index in [2.05, 4.69) is 90.3 Å². The third-order valence-electron chi connectivity index (χ3n) is 5.41. The van der Waals surface area contributed by atoms with Crippen molar-refractivity contribution in [2.75, 3.05) is 18.4 Å². The van der Waals surface area contributed by atoms with Gasteiger partial charge in [-0.25, -0.2) is 0 Å². The van der Waals surface area contributed by atoms with Gasteiger partial charge in [0.05, 0.1) is 18.6 Å². The molecule has 0 atom stereocenters. The molecule has 3 heteroatoms. The summed E-state index contributed by atoms with van der Waals surface area (Å²) < 4.78 is 2.21. The molecular weight excluding hydrogens is 354 g/mol. The summed E-state index contributed by atoms with van der Waals surface area (Å²) in [6, 6.07) is 21.1. The Kier molecular flexibility index (Phi) is 5.35. The second-order valence-electron chi connectivity index (χ2n) is 7.25. The van der Waals surface area contributed by atoms with E-state index < -0.39 is 0 Å². The first-order valence-electron chi connectivity index (χ1n) is 9.94. The minimum Gasteiger partial charge on any atom is -0.383 e. The fraction of sp³-hybridized carbons (Fsp3) is 0.192. The predicted molar refractivity (Wildman–Crippen MR) is 125 cm³/mol. The summed E-state index contributed by atoms with van der Waals surface area (Å²) in [6.45, 7) is 6.31. The van der Waals surface area contributed by atoms with Crippen molar-refractivity contribution < 1.29 is 0 Å². The van der Waals surface area contributed by atoms with E-state index in [1.54, 1.807) is 0 Å². The van der Waals surface area contributed by atoms with Gasteiger partial charge in [0.15, 0.2) is 0 Å². The number of benzene rings is 3. The summed E-state index contributed by atoms with van der Waals surface area (Å²) >= 11 is 0. The Balaban J connectivity index is 1.51. The van der Waals surface area contributed by atoms with Gasteiger partial charge in [-0.15, -0.1) is 6.42 Å². The summed E-state index contributed by atoms with van der Waals surface area (Å²) in [5, 5.41) is 7.21. The quantitative estimate of drug-likeness (QED) is 0.265. The van der Waals surface area contributed by atoms with Crippen LogP contribution in [0.5, 0.6) is 0 Å². The van der Waals surface area contributed by atoms with Gasteiger partial charge in [0, 0.05) is 40.5 Å². The smallest absolute Gasteiger partial charge is 0.0837 e. The van der Waals surface area contributed by atoms with Crippen molar-refractivity contribution >= 4 is 33.6 Å². The number of para-hydroxylation sites is 1. The lowest BCUT2D eigenvalue weighted by Gasteiger charge is -2.08. The van der Waals surface area contributed by atoms with Crippen molar-refractivity contribution in [2.24, 2.45) is 4.99 Å². The highest BCUT2D eigenvalue weighted by Gasteiger charge is 2.13. The molecule has 144 valence electrons. The normalized spacial score (nSPS) is 11.3. The summed E-state index contributed by atoms with van der Waals surface area (Å²) in [7, 11) is 0. The molecular formula is C26H25N3. The van der Waals surface area contributed by atoms with E-state index >= 15 is 0 Å². The van der Waals surface area contributed by atoms with Gasteiger partial charge >= 0.3 is 0 Å². The maximum absolute atomic E-state index is 5.60. The molecule has 4 aromatic rings. The van der Waals surface area contributed by atoms with E-state index in [1.807, 2.05) is 6.21 Å². The molecule has 0 aliphatic heterocycles. The number of terminal acetylenes is 1. The number of hydrogen-bond acceptors (Lipinski definition) is 2. The number of hydrogen-bond donors (Lipinski definition) is 1. The molecule has 3 nitrogen and oxygen atoms in total. The van der Waals surface area contributed by atoms with Crippen LogP contribution < -0.4 is 5.32 Å². The van der Waals surface area contributed by atoms with E-state index in [0.717, 1.165) is 23.5 Å². The molecule has 0 fully saturated rings. The zero-order valence-electron chi connectivity index (χ0n) is 16.9. The molecule has 0 spiro atoms. The van der Waals surface area contributed by atoms with Crippen molar-refractivity contribution in [2.45, 2.75) is 20.4 Å². The number of aryl methyl sites for hydroxylation is 1. The fourth-order valence-electron chi connectivity index (χ4n) is 3.98. The van der Waals surface area contributed by atoms with Crippen molar-refractivity contribution in [1.82, 2.24) is 4.57 Å². The van der Waals surface area contributed by atoms with Crippen LogP contribution >= 0.6 is 0 Å². The molecule has 4 rings (SSSR count). The summed E-state index contributed by atoms with van der Waals surface area (Å²) in [5.41, 5.74) is 5.91. The van der Waals surface area contributed by atoms with Crippen LogP contribution in [0.25, 0.3) is 21.7 Å². The van der Waals surface area contributed by atoms with Crippen LogP contribution in [0.2, 0.25) is 0 Å². The lowest BCUT2D eigenvalue weighted by Crippen LogP contribution is -2.05. The predicted octanol–water partition coefficient (Wildman–Crippen LogP) is 5.58. The van der Waals surface area contributed by atoms with Crippen LogP contribution in [0.1, 0.15) is 16.8 Å². The lowest BCUT2D eigenvalue weighted by molar-refractivity contribution is 0.843. The molecule has 0 unspecified atom stereocenters. The first-order valence-corrected chi connectivity index (χ1v) is 9.94. The number of nitrogens with zero attached hydrogens (tertiary/aromatic N) is 2.